The third kappa shape index (κ3) is 3.47. The Bertz CT molecular complexity index is 707. The molecule has 3 heterocycles. The number of carbonyl (C=O) groups excluding carboxylic acids is 1. The van der Waals surface area contributed by atoms with E-state index in [2.05, 4.69) is 22.0 Å². The summed E-state index contributed by atoms with van der Waals surface area (Å²) in [6, 6.07) is 0.164. The molecular weight excluding hydrogens is 362 g/mol. The lowest BCUT2D eigenvalue weighted by atomic mass is 9.64. The van der Waals surface area contributed by atoms with E-state index in [1.165, 1.54) is 12.8 Å². The maximum atomic E-state index is 12.8. The Morgan fingerprint density at radius 1 is 0.926 bits per heavy atom. The fourth-order valence-electron chi connectivity index (χ4n) is 6.24. The zero-order valence-corrected chi connectivity index (χ0v) is 16.8. The summed E-state index contributed by atoms with van der Waals surface area (Å²) in [5.74, 6) is 3.90. The average Bonchev–Trinajstić information content (AvgIpc) is 3.27. The van der Waals surface area contributed by atoms with Gasteiger partial charge < -0.3 is 4.90 Å². The summed E-state index contributed by atoms with van der Waals surface area (Å²) in [5.41, 5.74) is 0. The van der Waals surface area contributed by atoms with E-state index in [-0.39, 0.29) is 11.9 Å². The number of amides is 1. The number of nitrogens with zero attached hydrogens (tertiary/aromatic N) is 3. The van der Waals surface area contributed by atoms with Gasteiger partial charge in [0.15, 0.2) is 9.84 Å². The van der Waals surface area contributed by atoms with Gasteiger partial charge in [0, 0.05) is 45.3 Å². The van der Waals surface area contributed by atoms with Crippen LogP contribution in [-0.4, -0.2) is 92.4 Å². The lowest BCUT2D eigenvalue weighted by Gasteiger charge is -2.40. The van der Waals surface area contributed by atoms with Crippen LogP contribution >= 0.6 is 0 Å². The van der Waals surface area contributed by atoms with E-state index in [1.807, 2.05) is 4.90 Å². The van der Waals surface area contributed by atoms with Gasteiger partial charge in [0.1, 0.15) is 0 Å². The fraction of sp³-hybridized carbons (Fsp3) is 0.850. The lowest BCUT2D eigenvalue weighted by molar-refractivity contribution is -0.134. The van der Waals surface area contributed by atoms with Crippen LogP contribution in [0.1, 0.15) is 19.3 Å². The molecule has 5 unspecified atom stereocenters. The van der Waals surface area contributed by atoms with E-state index in [0.717, 1.165) is 69.4 Å². The number of allylic oxidation sites excluding steroid dienone is 2. The quantitative estimate of drug-likeness (QED) is 0.652. The van der Waals surface area contributed by atoms with Crippen molar-refractivity contribution in [2.45, 2.75) is 25.3 Å². The maximum Gasteiger partial charge on any atom is 0.236 e. The SMILES string of the molecule is O=C(CN1CC2C3C=CC(CC3)C2C1)N1CCN(C2CCS(=O)(=O)C2)CC1. The van der Waals surface area contributed by atoms with Crippen LogP contribution in [0.3, 0.4) is 0 Å². The minimum atomic E-state index is -2.84. The van der Waals surface area contributed by atoms with E-state index in [4.69, 9.17) is 0 Å². The second-order valence-corrected chi connectivity index (χ2v) is 11.5. The van der Waals surface area contributed by atoms with Crippen LogP contribution in [0.5, 0.6) is 0 Å². The van der Waals surface area contributed by atoms with Crippen molar-refractivity contribution in [3.05, 3.63) is 12.2 Å². The van der Waals surface area contributed by atoms with Crippen LogP contribution in [0.4, 0.5) is 0 Å². The van der Waals surface area contributed by atoms with Crippen molar-refractivity contribution in [3.63, 3.8) is 0 Å². The molecule has 7 heteroatoms. The summed E-state index contributed by atoms with van der Waals surface area (Å²) in [7, 11) is -2.84. The molecule has 150 valence electrons. The largest absolute Gasteiger partial charge is 0.339 e. The molecule has 0 N–H and O–H groups in total. The van der Waals surface area contributed by atoms with Crippen LogP contribution in [-0.2, 0) is 14.6 Å². The first-order valence-electron chi connectivity index (χ1n) is 10.6. The minimum Gasteiger partial charge on any atom is -0.339 e. The maximum absolute atomic E-state index is 12.8. The summed E-state index contributed by atoms with van der Waals surface area (Å²) >= 11 is 0. The molecule has 0 aromatic rings. The highest BCUT2D eigenvalue weighted by Gasteiger charge is 2.46. The molecule has 3 aliphatic heterocycles. The lowest BCUT2D eigenvalue weighted by Crippen LogP contribution is -2.53. The molecule has 0 radical (unpaired) electrons. The van der Waals surface area contributed by atoms with Crippen molar-refractivity contribution < 1.29 is 13.2 Å². The second kappa shape index (κ2) is 6.85. The summed E-state index contributed by atoms with van der Waals surface area (Å²) < 4.78 is 23.4. The monoisotopic (exact) mass is 393 g/mol. The normalized spacial score (nSPS) is 41.2. The van der Waals surface area contributed by atoms with Gasteiger partial charge >= 0.3 is 0 Å². The Hall–Kier alpha value is -0.920. The van der Waals surface area contributed by atoms with Gasteiger partial charge in [-0.2, -0.15) is 0 Å². The molecule has 6 rings (SSSR count). The van der Waals surface area contributed by atoms with E-state index in [1.54, 1.807) is 0 Å². The van der Waals surface area contributed by atoms with Gasteiger partial charge in [-0.3, -0.25) is 14.6 Å². The van der Waals surface area contributed by atoms with Crippen LogP contribution in [0, 0.1) is 23.7 Å². The molecular formula is C20H31N3O3S. The zero-order chi connectivity index (χ0) is 18.6. The van der Waals surface area contributed by atoms with E-state index in [9.17, 15) is 13.2 Å². The minimum absolute atomic E-state index is 0.164. The first kappa shape index (κ1) is 18.1. The molecule has 1 saturated carbocycles. The molecule has 0 spiro atoms. The van der Waals surface area contributed by atoms with Gasteiger partial charge in [-0.1, -0.05) is 12.2 Å². The molecule has 27 heavy (non-hydrogen) atoms. The molecule has 0 aromatic heterocycles. The molecule has 3 aliphatic carbocycles. The first-order chi connectivity index (χ1) is 13.0. The number of fused-ring (bicyclic) bond motifs is 1. The highest BCUT2D eigenvalue weighted by molar-refractivity contribution is 7.91. The number of hydrogen-bond acceptors (Lipinski definition) is 5. The number of hydrogen-bond donors (Lipinski definition) is 0. The summed E-state index contributed by atoms with van der Waals surface area (Å²) in [6.07, 6.45) is 8.29. The number of likely N-dealkylation sites (tertiary alicyclic amines) is 1. The molecule has 4 fully saturated rings. The number of sulfone groups is 1. The molecule has 6 aliphatic rings. The summed E-state index contributed by atoms with van der Waals surface area (Å²) in [6.45, 7) is 5.83. The summed E-state index contributed by atoms with van der Waals surface area (Å²) in [5, 5.41) is 0. The topological polar surface area (TPSA) is 60.9 Å². The summed E-state index contributed by atoms with van der Waals surface area (Å²) in [4.78, 5) is 19.5. The molecule has 6 nitrogen and oxygen atoms in total. The predicted molar refractivity (Wildman–Crippen MR) is 104 cm³/mol. The smallest absolute Gasteiger partial charge is 0.236 e. The van der Waals surface area contributed by atoms with Gasteiger partial charge in [-0.15, -0.1) is 0 Å². The van der Waals surface area contributed by atoms with Gasteiger partial charge in [0.05, 0.1) is 18.1 Å². The van der Waals surface area contributed by atoms with Crippen molar-refractivity contribution in [1.29, 1.82) is 0 Å². The third-order valence-corrected chi connectivity index (χ3v) is 9.53. The van der Waals surface area contributed by atoms with Crippen LogP contribution in [0.2, 0.25) is 0 Å². The van der Waals surface area contributed by atoms with E-state index in [0.29, 0.717) is 18.1 Å². The fourth-order valence-corrected chi connectivity index (χ4v) is 8.01. The van der Waals surface area contributed by atoms with Crippen molar-refractivity contribution in [2.24, 2.45) is 23.7 Å². The van der Waals surface area contributed by atoms with E-state index < -0.39 is 9.84 Å². The molecule has 0 aromatic carbocycles. The Balaban J connectivity index is 1.11. The Kier molecular flexibility index (Phi) is 4.60. The molecule has 3 saturated heterocycles. The highest BCUT2D eigenvalue weighted by atomic mass is 32.2. The molecule has 2 bridgehead atoms. The van der Waals surface area contributed by atoms with Crippen LogP contribution in [0.15, 0.2) is 12.2 Å². The Morgan fingerprint density at radius 2 is 1.56 bits per heavy atom. The standard InChI is InChI=1S/C20H31N3O3S/c24-20(13-21-11-18-15-1-2-16(4-3-15)19(18)12-21)23-8-6-22(7-9-23)17-5-10-27(25,26)14-17/h1-2,15-19H,3-14H2. The Morgan fingerprint density at radius 3 is 2.07 bits per heavy atom. The average molecular weight is 394 g/mol. The van der Waals surface area contributed by atoms with Crippen molar-refractivity contribution in [2.75, 3.05) is 57.3 Å². The number of carbonyl (C=O) groups is 1. The Labute approximate surface area is 162 Å². The number of piperazine rings is 1. The van der Waals surface area contributed by atoms with Crippen LogP contribution in [0.25, 0.3) is 0 Å². The van der Waals surface area contributed by atoms with Gasteiger partial charge in [-0.25, -0.2) is 8.42 Å². The third-order valence-electron chi connectivity index (χ3n) is 7.78. The second-order valence-electron chi connectivity index (χ2n) is 9.29. The molecule has 1 amide bonds. The number of rotatable bonds is 3. The van der Waals surface area contributed by atoms with E-state index >= 15 is 0 Å². The zero-order valence-electron chi connectivity index (χ0n) is 16.0. The van der Waals surface area contributed by atoms with Gasteiger partial charge in [-0.05, 0) is 42.9 Å². The first-order valence-corrected chi connectivity index (χ1v) is 12.4. The van der Waals surface area contributed by atoms with Gasteiger partial charge in [0.2, 0.25) is 5.91 Å². The predicted octanol–water partition coefficient (Wildman–Crippen LogP) is 0.462. The molecule has 5 atom stereocenters. The van der Waals surface area contributed by atoms with Crippen molar-refractivity contribution in [3.8, 4) is 0 Å². The highest BCUT2D eigenvalue weighted by Crippen LogP contribution is 2.48. The van der Waals surface area contributed by atoms with Gasteiger partial charge in [0.25, 0.3) is 0 Å². The van der Waals surface area contributed by atoms with Crippen LogP contribution < -0.4 is 0 Å². The van der Waals surface area contributed by atoms with Crippen molar-refractivity contribution >= 4 is 15.7 Å². The van der Waals surface area contributed by atoms with Crippen molar-refractivity contribution in [1.82, 2.24) is 14.7 Å².